The molecule has 2 aliphatic rings. The van der Waals surface area contributed by atoms with E-state index in [0.717, 1.165) is 18.0 Å². The van der Waals surface area contributed by atoms with E-state index < -0.39 is 0 Å². The lowest BCUT2D eigenvalue weighted by Crippen LogP contribution is -2.52. The second-order valence-corrected chi connectivity index (χ2v) is 5.18. The molecule has 1 saturated carbocycles. The molecule has 0 aromatic heterocycles. The number of nitrogens with one attached hydrogen (secondary N) is 1. The maximum atomic E-state index is 3.63. The molecule has 0 aromatic rings. The molecule has 1 heterocycles. The van der Waals surface area contributed by atoms with Crippen molar-refractivity contribution in [3.8, 4) is 0 Å². The summed E-state index contributed by atoms with van der Waals surface area (Å²) in [6.45, 7) is 5.89. The van der Waals surface area contributed by atoms with E-state index in [-0.39, 0.29) is 0 Å². The number of piperidine rings is 1. The molecule has 0 aromatic carbocycles. The normalized spacial score (nSPS) is 34.7. The zero-order valence-corrected chi connectivity index (χ0v) is 9.63. The highest BCUT2D eigenvalue weighted by Gasteiger charge is 2.25. The molecule has 82 valence electrons. The zero-order chi connectivity index (χ0) is 9.97. The van der Waals surface area contributed by atoms with Crippen LogP contribution in [0.4, 0.5) is 0 Å². The van der Waals surface area contributed by atoms with Gasteiger partial charge in [0.2, 0.25) is 0 Å². The fraction of sp³-hybridized carbons (Fsp3) is 1.00. The van der Waals surface area contributed by atoms with E-state index >= 15 is 0 Å². The van der Waals surface area contributed by atoms with E-state index in [2.05, 4.69) is 24.3 Å². The Morgan fingerprint density at radius 1 is 1.07 bits per heavy atom. The van der Waals surface area contributed by atoms with Crippen LogP contribution >= 0.6 is 0 Å². The number of rotatable bonds is 4. The average Bonchev–Trinajstić information content (AvgIpc) is 2.94. The molecule has 0 radical (unpaired) electrons. The first-order valence-electron chi connectivity index (χ1n) is 6.29. The Morgan fingerprint density at radius 2 is 1.71 bits per heavy atom. The Kier molecular flexibility index (Phi) is 3.45. The van der Waals surface area contributed by atoms with E-state index in [9.17, 15) is 0 Å². The Balaban J connectivity index is 1.69. The predicted molar refractivity (Wildman–Crippen MR) is 60.0 cm³/mol. The van der Waals surface area contributed by atoms with E-state index in [0.29, 0.717) is 0 Å². The molecule has 1 aliphatic carbocycles. The Labute approximate surface area is 88.0 Å². The van der Waals surface area contributed by atoms with Crippen LogP contribution in [0.15, 0.2) is 0 Å². The summed E-state index contributed by atoms with van der Waals surface area (Å²) in [5.41, 5.74) is 3.63. The zero-order valence-electron chi connectivity index (χ0n) is 9.63. The van der Waals surface area contributed by atoms with Gasteiger partial charge >= 0.3 is 0 Å². The first-order chi connectivity index (χ1) is 6.77. The van der Waals surface area contributed by atoms with Gasteiger partial charge in [-0.2, -0.15) is 0 Å². The molecule has 2 fully saturated rings. The summed E-state index contributed by atoms with van der Waals surface area (Å²) in [5.74, 6) is 1.05. The minimum absolute atomic E-state index is 0.734. The minimum Gasteiger partial charge on any atom is -0.255 e. The topological polar surface area (TPSA) is 15.3 Å². The molecule has 2 heteroatoms. The maximum Gasteiger partial charge on any atom is 0.0218 e. The molecule has 2 rings (SSSR count). The largest absolute Gasteiger partial charge is 0.255 e. The summed E-state index contributed by atoms with van der Waals surface area (Å²) in [6.07, 6.45) is 8.47. The smallest absolute Gasteiger partial charge is 0.0218 e. The van der Waals surface area contributed by atoms with Crippen LogP contribution in [0.25, 0.3) is 0 Å². The highest BCUT2D eigenvalue weighted by molar-refractivity contribution is 4.78. The van der Waals surface area contributed by atoms with Gasteiger partial charge in [-0.3, -0.25) is 5.43 Å². The third kappa shape index (κ3) is 2.71. The van der Waals surface area contributed by atoms with Crippen molar-refractivity contribution < 1.29 is 0 Å². The van der Waals surface area contributed by atoms with Gasteiger partial charge in [-0.25, -0.2) is 5.01 Å². The average molecular weight is 196 g/mol. The highest BCUT2D eigenvalue weighted by Crippen LogP contribution is 2.31. The van der Waals surface area contributed by atoms with Crippen molar-refractivity contribution >= 4 is 0 Å². The molecule has 0 amide bonds. The van der Waals surface area contributed by atoms with Crippen molar-refractivity contribution in [2.75, 3.05) is 6.54 Å². The van der Waals surface area contributed by atoms with Crippen molar-refractivity contribution in [1.82, 2.24) is 10.4 Å². The van der Waals surface area contributed by atoms with Gasteiger partial charge in [0.05, 0.1) is 0 Å². The number of hydrogen-bond donors (Lipinski definition) is 1. The minimum atomic E-state index is 0.734. The first kappa shape index (κ1) is 10.4. The lowest BCUT2D eigenvalue weighted by molar-refractivity contribution is 0.0456. The molecule has 2 atom stereocenters. The third-order valence-corrected chi connectivity index (χ3v) is 3.74. The van der Waals surface area contributed by atoms with Crippen molar-refractivity contribution in [3.05, 3.63) is 0 Å². The standard InChI is InChI=1S/C12H24N2/c1-10-4-3-5-11(2)14(10)13-9-8-12-6-7-12/h10-13H,3-9H2,1-2H3. The summed E-state index contributed by atoms with van der Waals surface area (Å²) in [4.78, 5) is 0. The van der Waals surface area contributed by atoms with Crippen molar-refractivity contribution in [3.63, 3.8) is 0 Å². The van der Waals surface area contributed by atoms with Crippen LogP contribution < -0.4 is 5.43 Å². The van der Waals surface area contributed by atoms with Crippen LogP contribution in [-0.4, -0.2) is 23.6 Å². The predicted octanol–water partition coefficient (Wildman–Crippen LogP) is 2.55. The summed E-state index contributed by atoms with van der Waals surface area (Å²) in [7, 11) is 0. The highest BCUT2D eigenvalue weighted by atomic mass is 15.5. The van der Waals surface area contributed by atoms with Gasteiger partial charge in [-0.15, -0.1) is 0 Å². The van der Waals surface area contributed by atoms with Crippen LogP contribution in [-0.2, 0) is 0 Å². The maximum absolute atomic E-state index is 3.63. The monoisotopic (exact) mass is 196 g/mol. The van der Waals surface area contributed by atoms with Gasteiger partial charge in [-0.1, -0.05) is 19.3 Å². The van der Waals surface area contributed by atoms with E-state index in [1.165, 1.54) is 45.1 Å². The van der Waals surface area contributed by atoms with Gasteiger partial charge in [-0.05, 0) is 39.0 Å². The van der Waals surface area contributed by atoms with Crippen LogP contribution in [0, 0.1) is 5.92 Å². The summed E-state index contributed by atoms with van der Waals surface area (Å²) >= 11 is 0. The van der Waals surface area contributed by atoms with Crippen LogP contribution in [0.3, 0.4) is 0 Å². The Hall–Kier alpha value is -0.0800. The fourth-order valence-corrected chi connectivity index (χ4v) is 2.54. The van der Waals surface area contributed by atoms with Crippen molar-refractivity contribution in [2.45, 2.75) is 64.5 Å². The van der Waals surface area contributed by atoms with E-state index in [4.69, 9.17) is 0 Å². The molecular weight excluding hydrogens is 172 g/mol. The molecule has 1 N–H and O–H groups in total. The lowest BCUT2D eigenvalue weighted by Gasteiger charge is -2.39. The summed E-state index contributed by atoms with van der Waals surface area (Å²) < 4.78 is 0. The van der Waals surface area contributed by atoms with Crippen LogP contribution in [0.5, 0.6) is 0 Å². The van der Waals surface area contributed by atoms with Gasteiger partial charge in [0, 0.05) is 18.6 Å². The fourth-order valence-electron chi connectivity index (χ4n) is 2.54. The Bertz CT molecular complexity index is 167. The van der Waals surface area contributed by atoms with Crippen LogP contribution in [0.2, 0.25) is 0 Å². The van der Waals surface area contributed by atoms with Gasteiger partial charge < -0.3 is 0 Å². The molecule has 2 unspecified atom stereocenters. The number of nitrogens with zero attached hydrogens (tertiary/aromatic N) is 1. The second kappa shape index (κ2) is 4.63. The second-order valence-electron chi connectivity index (χ2n) is 5.18. The molecule has 1 saturated heterocycles. The van der Waals surface area contributed by atoms with Gasteiger partial charge in [0.25, 0.3) is 0 Å². The van der Waals surface area contributed by atoms with E-state index in [1.54, 1.807) is 0 Å². The van der Waals surface area contributed by atoms with Crippen molar-refractivity contribution in [1.29, 1.82) is 0 Å². The molecule has 1 aliphatic heterocycles. The van der Waals surface area contributed by atoms with Crippen molar-refractivity contribution in [2.24, 2.45) is 5.92 Å². The molecule has 2 nitrogen and oxygen atoms in total. The summed E-state index contributed by atoms with van der Waals surface area (Å²) in [6, 6.07) is 1.47. The quantitative estimate of drug-likeness (QED) is 0.743. The molecule has 14 heavy (non-hydrogen) atoms. The number of hydrazine groups is 1. The summed E-state index contributed by atoms with van der Waals surface area (Å²) in [5, 5.41) is 2.49. The molecule has 0 bridgehead atoms. The van der Waals surface area contributed by atoms with Gasteiger partial charge in [0.15, 0.2) is 0 Å². The number of hydrogen-bond acceptors (Lipinski definition) is 2. The molecular formula is C12H24N2. The lowest BCUT2D eigenvalue weighted by atomic mass is 10.00. The van der Waals surface area contributed by atoms with Gasteiger partial charge in [0.1, 0.15) is 0 Å². The van der Waals surface area contributed by atoms with E-state index in [1.807, 2.05) is 0 Å². The van der Waals surface area contributed by atoms with Crippen LogP contribution in [0.1, 0.15) is 52.4 Å². The first-order valence-corrected chi connectivity index (χ1v) is 6.29. The third-order valence-electron chi connectivity index (χ3n) is 3.74. The molecule has 0 spiro atoms. The SMILES string of the molecule is CC1CCCC(C)N1NCCC1CC1. The Morgan fingerprint density at radius 3 is 2.29 bits per heavy atom.